The van der Waals surface area contributed by atoms with Gasteiger partial charge in [0.15, 0.2) is 0 Å². The Hall–Kier alpha value is -2.88. The smallest absolute Gasteiger partial charge is 0.266 e. The number of piperidine rings is 1. The predicted octanol–water partition coefficient (Wildman–Crippen LogP) is 5.03. The third-order valence-electron chi connectivity index (χ3n) is 6.90. The Balaban J connectivity index is 1.28. The number of benzene rings is 2. The number of nitrogens with one attached hydrogen (secondary N) is 1. The molecule has 0 aliphatic carbocycles. The number of carbonyl (C=O) groups is 2. The van der Waals surface area contributed by atoms with Gasteiger partial charge in [-0.25, -0.2) is 0 Å². The maximum Gasteiger partial charge on any atom is 0.266 e. The zero-order valence-electron chi connectivity index (χ0n) is 22.0. The number of rotatable bonds is 11. The van der Waals surface area contributed by atoms with Crippen molar-refractivity contribution in [3.8, 4) is 11.5 Å². The SMILES string of the molecule is COc1ccc(/C=C2\SC(=S)N(CCCC(=O)NCC(c3ccc(OC)cc3)N3CCCCC3)C2=O)cc1. The minimum atomic E-state index is -0.110. The maximum atomic E-state index is 12.9. The second-order valence-corrected chi connectivity index (χ2v) is 11.1. The molecule has 202 valence electrons. The summed E-state index contributed by atoms with van der Waals surface area (Å²) in [7, 11) is 3.28. The van der Waals surface area contributed by atoms with E-state index in [0.29, 0.717) is 35.2 Å². The first-order valence-electron chi connectivity index (χ1n) is 13.0. The molecule has 0 radical (unpaired) electrons. The molecular weight excluding hydrogens is 518 g/mol. The zero-order valence-corrected chi connectivity index (χ0v) is 23.6. The standard InChI is InChI=1S/C29H35N3O4S2/c1-35-23-12-8-21(9-13-23)19-26-28(34)32(29(37)38-26)18-6-7-27(33)30-20-25(31-16-4-3-5-17-31)22-10-14-24(36-2)15-11-22/h8-15,19,25H,3-7,16-18,20H2,1-2H3,(H,30,33)/b26-19-. The van der Waals surface area contributed by atoms with Gasteiger partial charge in [0, 0.05) is 19.5 Å². The van der Waals surface area contributed by atoms with E-state index in [-0.39, 0.29) is 17.9 Å². The molecule has 2 saturated heterocycles. The summed E-state index contributed by atoms with van der Waals surface area (Å²) in [6.07, 6.45) is 6.33. The molecule has 2 aliphatic heterocycles. The number of nitrogens with zero attached hydrogens (tertiary/aromatic N) is 2. The van der Waals surface area contributed by atoms with Crippen molar-refractivity contribution >= 4 is 46.2 Å². The molecular formula is C29H35N3O4S2. The fourth-order valence-corrected chi connectivity index (χ4v) is 6.06. The Kier molecular flexibility index (Phi) is 10.2. The minimum Gasteiger partial charge on any atom is -0.497 e. The van der Waals surface area contributed by atoms with Gasteiger partial charge >= 0.3 is 0 Å². The summed E-state index contributed by atoms with van der Waals surface area (Å²) in [5, 5.41) is 3.13. The van der Waals surface area contributed by atoms with Crippen molar-refractivity contribution in [1.29, 1.82) is 0 Å². The average molecular weight is 554 g/mol. The summed E-state index contributed by atoms with van der Waals surface area (Å²) >= 11 is 6.75. The van der Waals surface area contributed by atoms with Crippen LogP contribution in [-0.4, -0.2) is 66.3 Å². The molecule has 7 nitrogen and oxygen atoms in total. The Morgan fingerprint density at radius 2 is 1.66 bits per heavy atom. The van der Waals surface area contributed by atoms with Crippen LogP contribution in [0.1, 0.15) is 49.3 Å². The number of thioether (sulfide) groups is 1. The van der Waals surface area contributed by atoms with Crippen LogP contribution in [0, 0.1) is 0 Å². The van der Waals surface area contributed by atoms with Gasteiger partial charge in [0.05, 0.1) is 25.2 Å². The van der Waals surface area contributed by atoms with Gasteiger partial charge in [-0.2, -0.15) is 0 Å². The topological polar surface area (TPSA) is 71.1 Å². The highest BCUT2D eigenvalue weighted by atomic mass is 32.2. The highest BCUT2D eigenvalue weighted by molar-refractivity contribution is 8.26. The average Bonchev–Trinajstić information content (AvgIpc) is 3.21. The van der Waals surface area contributed by atoms with Gasteiger partial charge in [0.2, 0.25) is 5.91 Å². The van der Waals surface area contributed by atoms with E-state index in [2.05, 4.69) is 22.3 Å². The van der Waals surface area contributed by atoms with Gasteiger partial charge in [-0.3, -0.25) is 19.4 Å². The van der Waals surface area contributed by atoms with E-state index in [1.165, 1.54) is 36.6 Å². The van der Waals surface area contributed by atoms with E-state index in [0.717, 1.165) is 30.2 Å². The van der Waals surface area contributed by atoms with Gasteiger partial charge in [-0.05, 0) is 73.8 Å². The van der Waals surface area contributed by atoms with Crippen LogP contribution in [0.15, 0.2) is 53.4 Å². The van der Waals surface area contributed by atoms with Crippen LogP contribution < -0.4 is 14.8 Å². The normalized spacial score (nSPS) is 18.1. The number of ether oxygens (including phenoxy) is 2. The molecule has 1 unspecified atom stereocenters. The van der Waals surface area contributed by atoms with Crippen molar-refractivity contribution in [2.24, 2.45) is 0 Å². The first-order chi connectivity index (χ1) is 18.5. The first kappa shape index (κ1) is 28.1. The lowest BCUT2D eigenvalue weighted by Crippen LogP contribution is -2.40. The third kappa shape index (κ3) is 7.36. The molecule has 38 heavy (non-hydrogen) atoms. The van der Waals surface area contributed by atoms with Gasteiger partial charge in [0.25, 0.3) is 5.91 Å². The van der Waals surface area contributed by atoms with Crippen LogP contribution in [-0.2, 0) is 9.59 Å². The molecule has 1 N–H and O–H groups in total. The quantitative estimate of drug-likeness (QED) is 0.309. The predicted molar refractivity (Wildman–Crippen MR) is 156 cm³/mol. The van der Waals surface area contributed by atoms with Crippen molar-refractivity contribution in [2.75, 3.05) is 40.4 Å². The molecule has 2 heterocycles. The summed E-state index contributed by atoms with van der Waals surface area (Å²) < 4.78 is 11.0. The van der Waals surface area contributed by atoms with Crippen LogP contribution >= 0.6 is 24.0 Å². The fraction of sp³-hybridized carbons (Fsp3) is 0.414. The van der Waals surface area contributed by atoms with Crippen molar-refractivity contribution < 1.29 is 19.1 Å². The largest absolute Gasteiger partial charge is 0.497 e. The molecule has 2 fully saturated rings. The number of methoxy groups -OCH3 is 2. The van der Waals surface area contributed by atoms with Gasteiger partial charge < -0.3 is 14.8 Å². The number of carbonyl (C=O) groups excluding carboxylic acids is 2. The number of thiocarbonyl (C=S) groups is 1. The number of hydrogen-bond acceptors (Lipinski definition) is 7. The molecule has 2 aromatic carbocycles. The summed E-state index contributed by atoms with van der Waals surface area (Å²) in [5.74, 6) is 1.46. The molecule has 2 aliphatic rings. The highest BCUT2D eigenvalue weighted by Crippen LogP contribution is 2.33. The Bertz CT molecular complexity index is 1150. The van der Waals surface area contributed by atoms with Crippen molar-refractivity contribution in [3.63, 3.8) is 0 Å². The summed E-state index contributed by atoms with van der Waals surface area (Å²) in [6, 6.07) is 15.7. The van der Waals surface area contributed by atoms with E-state index < -0.39 is 0 Å². The molecule has 0 saturated carbocycles. The van der Waals surface area contributed by atoms with E-state index >= 15 is 0 Å². The molecule has 2 amide bonds. The lowest BCUT2D eigenvalue weighted by atomic mass is 10.0. The van der Waals surface area contributed by atoms with Crippen LogP contribution in [0.4, 0.5) is 0 Å². The van der Waals surface area contributed by atoms with E-state index in [4.69, 9.17) is 21.7 Å². The van der Waals surface area contributed by atoms with Crippen molar-refractivity contribution in [2.45, 2.75) is 38.1 Å². The zero-order chi connectivity index (χ0) is 26.9. The third-order valence-corrected chi connectivity index (χ3v) is 8.28. The molecule has 0 spiro atoms. The molecule has 0 bridgehead atoms. The Morgan fingerprint density at radius 3 is 2.29 bits per heavy atom. The number of amides is 2. The first-order valence-corrected chi connectivity index (χ1v) is 14.2. The van der Waals surface area contributed by atoms with E-state index in [1.807, 2.05) is 42.5 Å². The van der Waals surface area contributed by atoms with E-state index in [9.17, 15) is 9.59 Å². The molecule has 0 aromatic heterocycles. The summed E-state index contributed by atoms with van der Waals surface area (Å²) in [5.41, 5.74) is 2.08. The minimum absolute atomic E-state index is 0.0141. The number of likely N-dealkylation sites (tertiary alicyclic amines) is 1. The lowest BCUT2D eigenvalue weighted by Gasteiger charge is -2.35. The van der Waals surface area contributed by atoms with Crippen LogP contribution in [0.5, 0.6) is 11.5 Å². The van der Waals surface area contributed by atoms with E-state index in [1.54, 1.807) is 19.1 Å². The monoisotopic (exact) mass is 553 g/mol. The van der Waals surface area contributed by atoms with Crippen LogP contribution in [0.2, 0.25) is 0 Å². The highest BCUT2D eigenvalue weighted by Gasteiger charge is 2.31. The number of hydrogen-bond donors (Lipinski definition) is 1. The van der Waals surface area contributed by atoms with Gasteiger partial charge in [-0.15, -0.1) is 0 Å². The second kappa shape index (κ2) is 13.8. The fourth-order valence-electron chi connectivity index (χ4n) is 4.75. The van der Waals surface area contributed by atoms with Gasteiger partial charge in [0.1, 0.15) is 15.8 Å². The van der Waals surface area contributed by atoms with Crippen LogP contribution in [0.3, 0.4) is 0 Å². The summed E-state index contributed by atoms with van der Waals surface area (Å²) in [6.45, 7) is 3.04. The molecule has 9 heteroatoms. The lowest BCUT2D eigenvalue weighted by molar-refractivity contribution is -0.124. The maximum absolute atomic E-state index is 12.9. The Morgan fingerprint density at radius 1 is 1.03 bits per heavy atom. The van der Waals surface area contributed by atoms with Crippen molar-refractivity contribution in [1.82, 2.24) is 15.1 Å². The molecule has 2 aromatic rings. The van der Waals surface area contributed by atoms with Crippen molar-refractivity contribution in [3.05, 3.63) is 64.6 Å². The Labute approximate surface area is 234 Å². The second-order valence-electron chi connectivity index (χ2n) is 9.40. The summed E-state index contributed by atoms with van der Waals surface area (Å²) in [4.78, 5) is 30.3. The molecule has 1 atom stereocenters. The van der Waals surface area contributed by atoms with Crippen LogP contribution in [0.25, 0.3) is 6.08 Å². The molecule has 4 rings (SSSR count). The van der Waals surface area contributed by atoms with Gasteiger partial charge in [-0.1, -0.05) is 54.7 Å².